The summed E-state index contributed by atoms with van der Waals surface area (Å²) in [5, 5.41) is 7.06. The molecule has 0 saturated carbocycles. The summed E-state index contributed by atoms with van der Waals surface area (Å²) in [7, 11) is 0. The lowest BCUT2D eigenvalue weighted by atomic mass is 9.88. The predicted molar refractivity (Wildman–Crippen MR) is 118 cm³/mol. The highest BCUT2D eigenvalue weighted by Gasteiger charge is 2.47. The minimum atomic E-state index is -4.59. The molecule has 1 N–H and O–H groups in total. The molecule has 3 aromatic rings. The van der Waals surface area contributed by atoms with Crippen molar-refractivity contribution in [2.45, 2.75) is 45.0 Å². The number of likely N-dealkylation sites (tertiary alicyclic amines) is 1. The molecule has 4 rings (SSSR count). The Balaban J connectivity index is 1.61. The van der Waals surface area contributed by atoms with Crippen LogP contribution in [-0.4, -0.2) is 65.6 Å². The van der Waals surface area contributed by atoms with Crippen molar-refractivity contribution < 1.29 is 26.7 Å². The van der Waals surface area contributed by atoms with E-state index < -0.39 is 48.5 Å². The standard InChI is InChI=1S/C22H23F5N8O/c1-3-34-11-15(18-28-5-4-6-29-18)17(33-34)19(36)35-12-21(23,24)7-13(2)16(35)10-32-20-30-8-14(9-31-20)22(25,26)27/h4-6,8-9,11,13,16H,3,7,10,12H2,1-2H3,(H,30,31,32). The molecule has 1 aliphatic rings. The zero-order valence-electron chi connectivity index (χ0n) is 19.4. The Labute approximate surface area is 202 Å². The third kappa shape index (κ3) is 5.41. The fourth-order valence-corrected chi connectivity index (χ4v) is 4.12. The lowest BCUT2D eigenvalue weighted by molar-refractivity contribution is -0.138. The van der Waals surface area contributed by atoms with Crippen LogP contribution in [0.1, 0.15) is 36.3 Å². The summed E-state index contributed by atoms with van der Waals surface area (Å²) < 4.78 is 69.0. The van der Waals surface area contributed by atoms with Crippen molar-refractivity contribution in [1.82, 2.24) is 34.6 Å². The van der Waals surface area contributed by atoms with Crippen LogP contribution in [0.5, 0.6) is 0 Å². The molecule has 9 nitrogen and oxygen atoms in total. The van der Waals surface area contributed by atoms with Crippen molar-refractivity contribution in [2.75, 3.05) is 18.4 Å². The topological polar surface area (TPSA) is 102 Å². The highest BCUT2D eigenvalue weighted by Crippen LogP contribution is 2.36. The van der Waals surface area contributed by atoms with E-state index in [9.17, 15) is 26.7 Å². The van der Waals surface area contributed by atoms with E-state index in [4.69, 9.17) is 0 Å². The van der Waals surface area contributed by atoms with Crippen LogP contribution in [0.4, 0.5) is 27.9 Å². The maximum absolute atomic E-state index is 14.6. The molecule has 2 unspecified atom stereocenters. The van der Waals surface area contributed by atoms with E-state index in [1.165, 1.54) is 17.1 Å². The van der Waals surface area contributed by atoms with Crippen LogP contribution in [0.3, 0.4) is 0 Å². The summed E-state index contributed by atoms with van der Waals surface area (Å²) in [5.74, 6) is -4.40. The number of hydrogen-bond donors (Lipinski definition) is 1. The van der Waals surface area contributed by atoms with Gasteiger partial charge in [0.25, 0.3) is 11.8 Å². The third-order valence-electron chi connectivity index (χ3n) is 5.88. The van der Waals surface area contributed by atoms with Crippen LogP contribution in [0, 0.1) is 5.92 Å². The Kier molecular flexibility index (Phi) is 6.87. The summed E-state index contributed by atoms with van der Waals surface area (Å²) in [6.45, 7) is 2.92. The predicted octanol–water partition coefficient (Wildman–Crippen LogP) is 3.77. The Morgan fingerprint density at radius 3 is 2.44 bits per heavy atom. The molecule has 1 saturated heterocycles. The molecule has 1 amide bonds. The highest BCUT2D eigenvalue weighted by atomic mass is 19.4. The number of piperidine rings is 1. The molecule has 36 heavy (non-hydrogen) atoms. The fraction of sp³-hybridized carbons (Fsp3) is 0.455. The van der Waals surface area contributed by atoms with Gasteiger partial charge in [0.2, 0.25) is 5.95 Å². The minimum Gasteiger partial charge on any atom is -0.352 e. The molecule has 0 aromatic carbocycles. The van der Waals surface area contributed by atoms with E-state index in [0.29, 0.717) is 24.5 Å². The summed E-state index contributed by atoms with van der Waals surface area (Å²) in [4.78, 5) is 30.3. The second-order valence-corrected chi connectivity index (χ2v) is 8.53. The number of carbonyl (C=O) groups is 1. The van der Waals surface area contributed by atoms with Crippen LogP contribution >= 0.6 is 0 Å². The maximum Gasteiger partial charge on any atom is 0.419 e. The molecule has 1 aliphatic heterocycles. The van der Waals surface area contributed by atoms with Crippen molar-refractivity contribution in [3.8, 4) is 11.4 Å². The Bertz CT molecular complexity index is 1200. The molecule has 0 aliphatic carbocycles. The van der Waals surface area contributed by atoms with E-state index >= 15 is 0 Å². The lowest BCUT2D eigenvalue weighted by Gasteiger charge is -2.43. The monoisotopic (exact) mass is 510 g/mol. The Morgan fingerprint density at radius 2 is 1.83 bits per heavy atom. The molecule has 1 fully saturated rings. The number of nitrogens with one attached hydrogen (secondary N) is 1. The lowest BCUT2D eigenvalue weighted by Crippen LogP contribution is -2.57. The summed E-state index contributed by atoms with van der Waals surface area (Å²) in [6.07, 6.45) is 0.766. The molecular formula is C22H23F5N8O. The molecule has 4 heterocycles. The van der Waals surface area contributed by atoms with Gasteiger partial charge < -0.3 is 10.2 Å². The number of hydrogen-bond acceptors (Lipinski definition) is 7. The van der Waals surface area contributed by atoms with Gasteiger partial charge in [-0.2, -0.15) is 18.3 Å². The smallest absolute Gasteiger partial charge is 0.352 e. The van der Waals surface area contributed by atoms with Gasteiger partial charge in [0.15, 0.2) is 11.5 Å². The van der Waals surface area contributed by atoms with Crippen LogP contribution < -0.4 is 5.32 Å². The third-order valence-corrected chi connectivity index (χ3v) is 5.88. The number of alkyl halides is 5. The first-order valence-electron chi connectivity index (χ1n) is 11.1. The Hall–Kier alpha value is -3.71. The van der Waals surface area contributed by atoms with Gasteiger partial charge in [0, 0.05) is 50.5 Å². The average Bonchev–Trinajstić information content (AvgIpc) is 3.27. The van der Waals surface area contributed by atoms with E-state index in [2.05, 4.69) is 30.4 Å². The molecule has 3 aromatic heterocycles. The van der Waals surface area contributed by atoms with E-state index in [1.54, 1.807) is 19.2 Å². The highest BCUT2D eigenvalue weighted by molar-refractivity contribution is 5.98. The van der Waals surface area contributed by atoms with Crippen molar-refractivity contribution >= 4 is 11.9 Å². The molecule has 192 valence electrons. The van der Waals surface area contributed by atoms with E-state index in [0.717, 1.165) is 4.90 Å². The van der Waals surface area contributed by atoms with E-state index in [1.807, 2.05) is 6.92 Å². The molecular weight excluding hydrogens is 487 g/mol. The zero-order valence-corrected chi connectivity index (χ0v) is 19.4. The number of nitrogens with zero attached hydrogens (tertiary/aromatic N) is 7. The van der Waals surface area contributed by atoms with Gasteiger partial charge in [0.05, 0.1) is 23.7 Å². The van der Waals surface area contributed by atoms with Crippen molar-refractivity contribution in [1.29, 1.82) is 0 Å². The second-order valence-electron chi connectivity index (χ2n) is 8.53. The molecule has 0 radical (unpaired) electrons. The zero-order chi connectivity index (χ0) is 26.1. The number of halogens is 5. The van der Waals surface area contributed by atoms with Crippen LogP contribution in [0.15, 0.2) is 37.1 Å². The number of anilines is 1. The van der Waals surface area contributed by atoms with Crippen LogP contribution in [0.2, 0.25) is 0 Å². The van der Waals surface area contributed by atoms with E-state index in [-0.39, 0.29) is 24.0 Å². The normalized spacial score (nSPS) is 19.8. The molecule has 14 heteroatoms. The summed E-state index contributed by atoms with van der Waals surface area (Å²) >= 11 is 0. The van der Waals surface area contributed by atoms with Gasteiger partial charge in [-0.1, -0.05) is 6.92 Å². The summed E-state index contributed by atoms with van der Waals surface area (Å²) in [5.41, 5.74) is -0.775. The van der Waals surface area contributed by atoms with Crippen LogP contribution in [-0.2, 0) is 12.7 Å². The molecule has 0 bridgehead atoms. The van der Waals surface area contributed by atoms with Gasteiger partial charge in [0.1, 0.15) is 0 Å². The first-order chi connectivity index (χ1) is 17.0. The maximum atomic E-state index is 14.6. The van der Waals surface area contributed by atoms with Crippen molar-refractivity contribution in [3.63, 3.8) is 0 Å². The average molecular weight is 510 g/mol. The number of carbonyl (C=O) groups excluding carboxylic acids is 1. The fourth-order valence-electron chi connectivity index (χ4n) is 4.12. The largest absolute Gasteiger partial charge is 0.419 e. The quantitative estimate of drug-likeness (QED) is 0.504. The van der Waals surface area contributed by atoms with Gasteiger partial charge >= 0.3 is 6.18 Å². The van der Waals surface area contributed by atoms with Crippen molar-refractivity contribution in [2.24, 2.45) is 5.92 Å². The van der Waals surface area contributed by atoms with Gasteiger partial charge in [-0.25, -0.2) is 28.7 Å². The van der Waals surface area contributed by atoms with Crippen LogP contribution in [0.25, 0.3) is 11.4 Å². The van der Waals surface area contributed by atoms with Gasteiger partial charge in [-0.05, 0) is 18.9 Å². The summed E-state index contributed by atoms with van der Waals surface area (Å²) in [6, 6.07) is 0.868. The first-order valence-corrected chi connectivity index (χ1v) is 11.1. The first kappa shape index (κ1) is 25.4. The number of aryl methyl sites for hydroxylation is 1. The molecule has 2 atom stereocenters. The van der Waals surface area contributed by atoms with Gasteiger partial charge in [-0.3, -0.25) is 9.48 Å². The van der Waals surface area contributed by atoms with Gasteiger partial charge in [-0.15, -0.1) is 0 Å². The second kappa shape index (κ2) is 9.74. The minimum absolute atomic E-state index is 0.0555. The molecule has 0 spiro atoms. The SMILES string of the molecule is CCn1cc(-c2ncccn2)c(C(=O)N2CC(F)(F)CC(C)C2CNc2ncc(C(F)(F)F)cn2)n1. The number of amides is 1. The number of aromatic nitrogens is 6. The number of rotatable bonds is 6. The Morgan fingerprint density at radius 1 is 1.17 bits per heavy atom. The van der Waals surface area contributed by atoms with Crippen molar-refractivity contribution in [3.05, 3.63) is 48.3 Å².